The van der Waals surface area contributed by atoms with E-state index < -0.39 is 10.8 Å². The molecule has 104 valence electrons. The minimum absolute atomic E-state index is 0.151. The zero-order valence-corrected chi connectivity index (χ0v) is 10.2. The fourth-order valence-corrected chi connectivity index (χ4v) is 1.37. The number of nitrogens with two attached hydrogens (primary N) is 1. The largest absolute Gasteiger partial charge is 0.408 e. The van der Waals surface area contributed by atoms with Crippen LogP contribution >= 0.6 is 0 Å². The Hall–Kier alpha value is -2.78. The van der Waals surface area contributed by atoms with Gasteiger partial charge < -0.3 is 26.1 Å². The number of guanidine groups is 1. The summed E-state index contributed by atoms with van der Waals surface area (Å²) in [6.45, 7) is 0.474. The van der Waals surface area contributed by atoms with Gasteiger partial charge in [0.25, 0.3) is 11.6 Å². The van der Waals surface area contributed by atoms with E-state index in [1.54, 1.807) is 0 Å². The van der Waals surface area contributed by atoms with Gasteiger partial charge in [-0.25, -0.2) is 0 Å². The molecule has 0 fully saturated rings. The molecule has 0 saturated heterocycles. The lowest BCUT2D eigenvalue weighted by molar-refractivity contribution is -0.384. The van der Waals surface area contributed by atoms with Gasteiger partial charge in [-0.05, 0) is 0 Å². The van der Waals surface area contributed by atoms with E-state index in [9.17, 15) is 14.9 Å². The van der Waals surface area contributed by atoms with E-state index in [2.05, 4.69) is 15.8 Å². The van der Waals surface area contributed by atoms with E-state index >= 15 is 0 Å². The summed E-state index contributed by atoms with van der Waals surface area (Å²) in [5, 5.41) is 26.6. The number of carbonyl (C=O) groups excluding carboxylic acids is 1. The van der Waals surface area contributed by atoms with Crippen LogP contribution in [0.5, 0.6) is 0 Å². The summed E-state index contributed by atoms with van der Waals surface area (Å²) in [5.74, 6) is -0.610. The summed E-state index contributed by atoms with van der Waals surface area (Å²) in [4.78, 5) is 21.7. The Morgan fingerprint density at radius 2 is 2.21 bits per heavy atom. The van der Waals surface area contributed by atoms with Gasteiger partial charge in [0, 0.05) is 26.2 Å². The molecule has 1 rings (SSSR count). The van der Waals surface area contributed by atoms with Gasteiger partial charge in [-0.1, -0.05) is 5.16 Å². The third-order valence-corrected chi connectivity index (χ3v) is 2.26. The maximum atomic E-state index is 11.7. The highest BCUT2D eigenvalue weighted by Gasteiger charge is 2.16. The number of oxime groups is 1. The second-order valence-corrected chi connectivity index (χ2v) is 3.62. The smallest absolute Gasteiger partial charge is 0.287 e. The first kappa shape index (κ1) is 14.3. The van der Waals surface area contributed by atoms with Crippen LogP contribution < -0.4 is 16.4 Å². The lowest BCUT2D eigenvalue weighted by Gasteiger charge is -2.06. The van der Waals surface area contributed by atoms with E-state index in [-0.39, 0.29) is 30.4 Å². The lowest BCUT2D eigenvalue weighted by atomic mass is 10.4. The molecule has 0 radical (unpaired) electrons. The van der Waals surface area contributed by atoms with Crippen molar-refractivity contribution in [3.63, 3.8) is 0 Å². The Morgan fingerprint density at radius 1 is 1.58 bits per heavy atom. The molecule has 0 spiro atoms. The third kappa shape index (κ3) is 3.87. The van der Waals surface area contributed by atoms with Gasteiger partial charge in [0.2, 0.25) is 5.96 Å². The first-order valence-corrected chi connectivity index (χ1v) is 5.26. The molecule has 0 aliphatic carbocycles. The molecule has 10 nitrogen and oxygen atoms in total. The number of carbonyl (C=O) groups is 1. The molecule has 0 atom stereocenters. The minimum atomic E-state index is -0.573. The maximum absolute atomic E-state index is 11.7. The molecule has 0 aliphatic heterocycles. The van der Waals surface area contributed by atoms with Crippen molar-refractivity contribution in [1.82, 2.24) is 15.2 Å². The van der Waals surface area contributed by atoms with Crippen molar-refractivity contribution in [3.05, 3.63) is 28.1 Å². The number of nitrogens with one attached hydrogen (secondary N) is 2. The van der Waals surface area contributed by atoms with Crippen LogP contribution in [-0.4, -0.2) is 39.7 Å². The van der Waals surface area contributed by atoms with Crippen LogP contribution in [0.1, 0.15) is 10.5 Å². The molecule has 0 aromatic carbocycles. The number of hydrogen-bond donors (Lipinski definition) is 4. The molecule has 0 bridgehead atoms. The van der Waals surface area contributed by atoms with Crippen LogP contribution in [0.3, 0.4) is 0 Å². The zero-order chi connectivity index (χ0) is 14.4. The van der Waals surface area contributed by atoms with Gasteiger partial charge in [0.05, 0.1) is 11.1 Å². The number of nitrogens with zero attached hydrogens (tertiary/aromatic N) is 3. The fraction of sp³-hybridized carbons (Fsp3) is 0.333. The summed E-state index contributed by atoms with van der Waals surface area (Å²) >= 11 is 0. The second-order valence-electron chi connectivity index (χ2n) is 3.62. The molecule has 0 aliphatic rings. The van der Waals surface area contributed by atoms with Gasteiger partial charge in [-0.3, -0.25) is 14.9 Å². The summed E-state index contributed by atoms with van der Waals surface area (Å²) in [7, 11) is 1.54. The number of aromatic nitrogens is 1. The quantitative estimate of drug-likeness (QED) is 0.134. The standard InChI is InChI=1S/C9H14N6O4/c1-14-5-6(15(18)19)4-7(14)8(16)11-2-3-12-9(10)13-17/h4-5,17H,2-3H2,1H3,(H,11,16)(H3,10,12,13). The number of aryl methyl sites for hydroxylation is 1. The van der Waals surface area contributed by atoms with Crippen LogP contribution in [0.25, 0.3) is 0 Å². The van der Waals surface area contributed by atoms with Gasteiger partial charge in [-0.15, -0.1) is 0 Å². The van der Waals surface area contributed by atoms with Crippen molar-refractivity contribution < 1.29 is 14.9 Å². The highest BCUT2D eigenvalue weighted by Crippen LogP contribution is 2.14. The van der Waals surface area contributed by atoms with Gasteiger partial charge in [-0.2, -0.15) is 0 Å². The van der Waals surface area contributed by atoms with Crippen molar-refractivity contribution >= 4 is 17.6 Å². The third-order valence-electron chi connectivity index (χ3n) is 2.26. The van der Waals surface area contributed by atoms with Crippen molar-refractivity contribution in [2.45, 2.75) is 0 Å². The molecule has 1 aromatic heterocycles. The molecule has 0 unspecified atom stereocenters. The molecule has 5 N–H and O–H groups in total. The molecule has 0 saturated carbocycles. The SMILES string of the molecule is Cn1cc([N+](=O)[O-])cc1C(=O)NCCNC(N)=NO. The van der Waals surface area contributed by atoms with Crippen molar-refractivity contribution in [1.29, 1.82) is 0 Å². The number of rotatable bonds is 5. The Labute approximate surface area is 108 Å². The monoisotopic (exact) mass is 270 g/mol. The van der Waals surface area contributed by atoms with Crippen LogP contribution in [0.4, 0.5) is 5.69 Å². The highest BCUT2D eigenvalue weighted by atomic mass is 16.6. The number of amides is 1. The van der Waals surface area contributed by atoms with E-state index in [0.29, 0.717) is 0 Å². The van der Waals surface area contributed by atoms with Gasteiger partial charge in [0.1, 0.15) is 5.69 Å². The van der Waals surface area contributed by atoms with Crippen molar-refractivity contribution in [3.8, 4) is 0 Å². The van der Waals surface area contributed by atoms with Crippen LogP contribution in [0.2, 0.25) is 0 Å². The molecule has 1 amide bonds. The van der Waals surface area contributed by atoms with E-state index in [4.69, 9.17) is 10.9 Å². The lowest BCUT2D eigenvalue weighted by Crippen LogP contribution is -2.38. The zero-order valence-electron chi connectivity index (χ0n) is 10.2. The Balaban J connectivity index is 2.52. The average Bonchev–Trinajstić information content (AvgIpc) is 2.76. The number of nitro groups is 1. The topological polar surface area (TPSA) is 148 Å². The Morgan fingerprint density at radius 3 is 2.74 bits per heavy atom. The first-order chi connectivity index (χ1) is 8.95. The second kappa shape index (κ2) is 6.23. The minimum Gasteiger partial charge on any atom is -0.408 e. The van der Waals surface area contributed by atoms with Crippen LogP contribution in [-0.2, 0) is 7.05 Å². The van der Waals surface area contributed by atoms with Crippen molar-refractivity contribution in [2.75, 3.05) is 13.1 Å². The summed E-state index contributed by atoms with van der Waals surface area (Å²) in [5.41, 5.74) is 5.18. The molecule has 10 heteroatoms. The van der Waals surface area contributed by atoms with Gasteiger partial charge in [0.15, 0.2) is 0 Å². The predicted molar refractivity (Wildman–Crippen MR) is 65.8 cm³/mol. The molecule has 1 heterocycles. The van der Waals surface area contributed by atoms with Crippen molar-refractivity contribution in [2.24, 2.45) is 17.9 Å². The maximum Gasteiger partial charge on any atom is 0.287 e. The van der Waals surface area contributed by atoms with E-state index in [0.717, 1.165) is 0 Å². The molecule has 19 heavy (non-hydrogen) atoms. The molecular formula is C9H14N6O4. The normalized spacial score (nSPS) is 11.1. The fourth-order valence-electron chi connectivity index (χ4n) is 1.37. The number of hydrogen-bond acceptors (Lipinski definition) is 5. The summed E-state index contributed by atoms with van der Waals surface area (Å²) < 4.78 is 1.37. The van der Waals surface area contributed by atoms with Gasteiger partial charge >= 0.3 is 0 Å². The van der Waals surface area contributed by atoms with E-state index in [1.807, 2.05) is 0 Å². The summed E-state index contributed by atoms with van der Waals surface area (Å²) in [6.07, 6.45) is 1.25. The first-order valence-electron chi connectivity index (χ1n) is 5.26. The summed E-state index contributed by atoms with van der Waals surface area (Å²) in [6, 6.07) is 1.19. The molecular weight excluding hydrogens is 256 g/mol. The average molecular weight is 270 g/mol. The van der Waals surface area contributed by atoms with E-state index in [1.165, 1.54) is 23.9 Å². The van der Waals surface area contributed by atoms with Crippen LogP contribution in [0, 0.1) is 10.1 Å². The Kier molecular flexibility index (Phi) is 4.69. The van der Waals surface area contributed by atoms with Crippen LogP contribution in [0.15, 0.2) is 17.4 Å². The molecule has 1 aromatic rings. The predicted octanol–water partition coefficient (Wildman–Crippen LogP) is -1.04. The Bertz CT molecular complexity index is 509. The highest BCUT2D eigenvalue weighted by molar-refractivity contribution is 5.93.